The maximum Gasteiger partial charge on any atom is 0.404 e. The molecule has 6 heteroatoms. The number of nitrogens with two attached hydrogens (primary N) is 1. The van der Waals surface area contributed by atoms with Crippen molar-refractivity contribution in [2.45, 2.75) is 63.6 Å². The Bertz CT molecular complexity index is 718. The van der Waals surface area contributed by atoms with Gasteiger partial charge in [0.2, 0.25) is 0 Å². The van der Waals surface area contributed by atoms with Crippen LogP contribution in [0.4, 0.5) is 4.79 Å². The number of amides is 1. The fourth-order valence-electron chi connectivity index (χ4n) is 2.83. The number of hydrogen-bond donors (Lipinski definition) is 1. The minimum Gasteiger partial charge on any atom is -0.442 e. The predicted molar refractivity (Wildman–Crippen MR) is 96.4 cm³/mol. The Morgan fingerprint density at radius 2 is 1.92 bits per heavy atom. The lowest BCUT2D eigenvalue weighted by Gasteiger charge is -2.13. The van der Waals surface area contributed by atoms with Crippen molar-refractivity contribution in [2.75, 3.05) is 0 Å². The van der Waals surface area contributed by atoms with Gasteiger partial charge >= 0.3 is 6.09 Å². The lowest BCUT2D eigenvalue weighted by atomic mass is 10.1. The molecule has 0 saturated carbocycles. The van der Waals surface area contributed by atoms with E-state index in [2.05, 4.69) is 57.4 Å². The number of imidazole rings is 1. The molecule has 1 aromatic carbocycles. The summed E-state index contributed by atoms with van der Waals surface area (Å²) < 4.78 is 7.06. The van der Waals surface area contributed by atoms with E-state index in [1.54, 1.807) is 11.8 Å². The number of aryl methyl sites for hydroxylation is 2. The zero-order chi connectivity index (χ0) is 17.9. The topological polar surface area (TPSA) is 70.1 Å². The molecular weight excluding hydrogens is 322 g/mol. The van der Waals surface area contributed by atoms with Gasteiger partial charge in [-0.2, -0.15) is 0 Å². The summed E-state index contributed by atoms with van der Waals surface area (Å²) in [7, 11) is 0. The van der Waals surface area contributed by atoms with Gasteiger partial charge in [-0.05, 0) is 49.9 Å². The van der Waals surface area contributed by atoms with Crippen LogP contribution in [0.2, 0.25) is 0 Å². The molecule has 0 aliphatic heterocycles. The Kier molecular flexibility index (Phi) is 5.94. The molecule has 0 unspecified atom stereocenters. The molecule has 130 valence electrons. The summed E-state index contributed by atoms with van der Waals surface area (Å²) in [4.78, 5) is 16.8. The maximum atomic E-state index is 10.9. The van der Waals surface area contributed by atoms with Gasteiger partial charge in [0.05, 0.1) is 5.69 Å². The van der Waals surface area contributed by atoms with Crippen molar-refractivity contribution < 1.29 is 9.53 Å². The van der Waals surface area contributed by atoms with Crippen LogP contribution >= 0.6 is 11.8 Å². The highest BCUT2D eigenvalue weighted by atomic mass is 32.2. The molecule has 0 fully saturated rings. The summed E-state index contributed by atoms with van der Waals surface area (Å²) in [5, 5.41) is 0.958. The van der Waals surface area contributed by atoms with Crippen LogP contribution in [0.15, 0.2) is 28.1 Å². The van der Waals surface area contributed by atoms with E-state index in [9.17, 15) is 4.79 Å². The standard InChI is InChI=1S/C18H25N3O2S/c1-6-21-15(10-23-18(19)22)20-17(16(21)11(2)3)24-14-8-12(4)7-13(5)9-14/h7-9,11H,6,10H2,1-5H3,(H2,19,22). The largest absolute Gasteiger partial charge is 0.442 e. The third-order valence-electron chi connectivity index (χ3n) is 3.67. The van der Waals surface area contributed by atoms with Crippen LogP contribution in [0.5, 0.6) is 0 Å². The molecule has 2 N–H and O–H groups in total. The van der Waals surface area contributed by atoms with E-state index in [4.69, 9.17) is 15.5 Å². The quantitative estimate of drug-likeness (QED) is 0.841. The van der Waals surface area contributed by atoms with Gasteiger partial charge in [0.25, 0.3) is 0 Å². The molecule has 0 aliphatic rings. The summed E-state index contributed by atoms with van der Waals surface area (Å²) in [6.07, 6.45) is -0.782. The first kappa shape index (κ1) is 18.4. The van der Waals surface area contributed by atoms with Crippen molar-refractivity contribution in [3.8, 4) is 0 Å². The number of nitrogens with zero attached hydrogens (tertiary/aromatic N) is 2. The van der Waals surface area contributed by atoms with E-state index in [0.717, 1.165) is 28.0 Å². The molecular formula is C18H25N3O2S. The van der Waals surface area contributed by atoms with Crippen molar-refractivity contribution in [3.63, 3.8) is 0 Å². The molecule has 1 aromatic heterocycles. The van der Waals surface area contributed by atoms with Gasteiger partial charge < -0.3 is 15.0 Å². The van der Waals surface area contributed by atoms with Crippen LogP contribution in [-0.4, -0.2) is 15.6 Å². The van der Waals surface area contributed by atoms with Gasteiger partial charge in [-0.25, -0.2) is 9.78 Å². The SMILES string of the molecule is CCn1c(COC(N)=O)nc(Sc2cc(C)cc(C)c2)c1C(C)C. The van der Waals surface area contributed by atoms with E-state index in [-0.39, 0.29) is 6.61 Å². The van der Waals surface area contributed by atoms with Crippen LogP contribution < -0.4 is 5.73 Å². The molecule has 1 heterocycles. The average molecular weight is 347 g/mol. The second kappa shape index (κ2) is 7.75. The zero-order valence-electron chi connectivity index (χ0n) is 14.9. The first-order chi connectivity index (χ1) is 11.3. The van der Waals surface area contributed by atoms with Crippen molar-refractivity contribution in [2.24, 2.45) is 5.73 Å². The molecule has 0 radical (unpaired) electrons. The van der Waals surface area contributed by atoms with Crippen molar-refractivity contribution in [1.82, 2.24) is 9.55 Å². The molecule has 2 rings (SSSR count). The predicted octanol–water partition coefficient (Wildman–Crippen LogP) is 4.39. The number of carbonyl (C=O) groups excluding carboxylic acids is 1. The number of aromatic nitrogens is 2. The summed E-state index contributed by atoms with van der Waals surface area (Å²) in [5.74, 6) is 1.04. The summed E-state index contributed by atoms with van der Waals surface area (Å²) in [6, 6.07) is 6.48. The Hall–Kier alpha value is -1.95. The number of carbonyl (C=O) groups is 1. The summed E-state index contributed by atoms with van der Waals surface area (Å²) in [6.45, 7) is 11.4. The minimum atomic E-state index is -0.782. The smallest absolute Gasteiger partial charge is 0.404 e. The molecule has 1 amide bonds. The number of primary amides is 1. The van der Waals surface area contributed by atoms with Gasteiger partial charge in [0, 0.05) is 11.4 Å². The van der Waals surface area contributed by atoms with E-state index >= 15 is 0 Å². The Morgan fingerprint density at radius 3 is 2.42 bits per heavy atom. The van der Waals surface area contributed by atoms with Crippen LogP contribution in [0.3, 0.4) is 0 Å². The Balaban J connectivity index is 2.41. The lowest BCUT2D eigenvalue weighted by Crippen LogP contribution is -2.15. The van der Waals surface area contributed by atoms with Gasteiger partial charge in [-0.3, -0.25) is 0 Å². The number of benzene rings is 1. The highest BCUT2D eigenvalue weighted by molar-refractivity contribution is 7.99. The van der Waals surface area contributed by atoms with Crippen molar-refractivity contribution >= 4 is 17.9 Å². The fraction of sp³-hybridized carbons (Fsp3) is 0.444. The molecule has 24 heavy (non-hydrogen) atoms. The normalized spacial score (nSPS) is 11.1. The summed E-state index contributed by atoms with van der Waals surface area (Å²) >= 11 is 1.65. The highest BCUT2D eigenvalue weighted by Gasteiger charge is 2.20. The zero-order valence-corrected chi connectivity index (χ0v) is 15.7. The maximum absolute atomic E-state index is 10.9. The third-order valence-corrected chi connectivity index (χ3v) is 4.63. The van der Waals surface area contributed by atoms with E-state index in [0.29, 0.717) is 5.92 Å². The average Bonchev–Trinajstić information content (AvgIpc) is 2.81. The van der Waals surface area contributed by atoms with Crippen LogP contribution in [0, 0.1) is 13.8 Å². The summed E-state index contributed by atoms with van der Waals surface area (Å²) in [5.41, 5.74) is 8.71. The minimum absolute atomic E-state index is 0.0936. The van der Waals surface area contributed by atoms with Crippen molar-refractivity contribution in [3.05, 3.63) is 40.8 Å². The monoisotopic (exact) mass is 347 g/mol. The third kappa shape index (κ3) is 4.32. The van der Waals surface area contributed by atoms with Crippen molar-refractivity contribution in [1.29, 1.82) is 0 Å². The lowest BCUT2D eigenvalue weighted by molar-refractivity contribution is 0.145. The molecule has 0 spiro atoms. The van der Waals surface area contributed by atoms with E-state index in [1.165, 1.54) is 11.1 Å². The first-order valence-corrected chi connectivity index (χ1v) is 8.91. The number of ether oxygens (including phenoxy) is 1. The number of rotatable bonds is 6. The van der Waals surface area contributed by atoms with E-state index in [1.807, 2.05) is 0 Å². The first-order valence-electron chi connectivity index (χ1n) is 8.09. The van der Waals surface area contributed by atoms with Crippen LogP contribution in [0.25, 0.3) is 0 Å². The molecule has 0 saturated heterocycles. The molecule has 2 aromatic rings. The second-order valence-electron chi connectivity index (χ2n) is 6.15. The molecule has 5 nitrogen and oxygen atoms in total. The van der Waals surface area contributed by atoms with Gasteiger partial charge in [0.15, 0.2) is 6.61 Å². The van der Waals surface area contributed by atoms with Gasteiger partial charge in [-0.1, -0.05) is 31.7 Å². The van der Waals surface area contributed by atoms with Gasteiger partial charge in [0.1, 0.15) is 10.9 Å². The highest BCUT2D eigenvalue weighted by Crippen LogP contribution is 2.35. The Labute approximate surface area is 147 Å². The van der Waals surface area contributed by atoms with Crippen LogP contribution in [-0.2, 0) is 17.9 Å². The molecule has 0 bridgehead atoms. The number of hydrogen-bond acceptors (Lipinski definition) is 4. The second-order valence-corrected chi connectivity index (χ2v) is 7.21. The fourth-order valence-corrected chi connectivity index (χ4v) is 4.14. The molecule has 0 aliphatic carbocycles. The Morgan fingerprint density at radius 1 is 1.29 bits per heavy atom. The van der Waals surface area contributed by atoms with E-state index < -0.39 is 6.09 Å². The van der Waals surface area contributed by atoms with Gasteiger partial charge in [-0.15, -0.1) is 0 Å². The van der Waals surface area contributed by atoms with Crippen LogP contribution in [0.1, 0.15) is 49.3 Å². The molecule has 0 atom stereocenters.